The van der Waals surface area contributed by atoms with Crippen LogP contribution in [-0.4, -0.2) is 11.7 Å². The van der Waals surface area contributed by atoms with Crippen molar-refractivity contribution in [3.8, 4) is 0 Å². The molecule has 0 unspecified atom stereocenters. The van der Waals surface area contributed by atoms with E-state index < -0.39 is 11.7 Å². The first-order valence-electron chi connectivity index (χ1n) is 3.41. The third-order valence-electron chi connectivity index (χ3n) is 1.76. The van der Waals surface area contributed by atoms with E-state index in [2.05, 4.69) is 0 Å². The van der Waals surface area contributed by atoms with E-state index in [9.17, 15) is 13.6 Å². The van der Waals surface area contributed by atoms with Gasteiger partial charge in [-0.05, 0) is 18.8 Å². The molecule has 0 atom stereocenters. The van der Waals surface area contributed by atoms with Gasteiger partial charge in [-0.3, -0.25) is 4.79 Å². The van der Waals surface area contributed by atoms with Gasteiger partial charge in [0.05, 0.1) is 0 Å². The molecule has 0 spiro atoms. The molecule has 1 nitrogen and oxygen atoms in total. The summed E-state index contributed by atoms with van der Waals surface area (Å²) in [5.74, 6) is -3.94. The summed E-state index contributed by atoms with van der Waals surface area (Å²) in [7, 11) is 0. The Bertz CT molecular complexity index is 150. The third-order valence-corrected chi connectivity index (χ3v) is 1.76. The van der Waals surface area contributed by atoms with E-state index in [-0.39, 0.29) is 12.3 Å². The van der Waals surface area contributed by atoms with Gasteiger partial charge >= 0.3 is 5.92 Å². The Morgan fingerprint density at radius 1 is 1.60 bits per heavy atom. The number of carbonyl (C=O) groups is 1. The molecule has 0 N–H and O–H groups in total. The second-order valence-electron chi connectivity index (χ2n) is 2.91. The quantitative estimate of drug-likeness (QED) is 0.598. The van der Waals surface area contributed by atoms with E-state index in [4.69, 9.17) is 0 Å². The van der Waals surface area contributed by atoms with Crippen LogP contribution in [0.1, 0.15) is 26.2 Å². The zero-order valence-electron chi connectivity index (χ0n) is 5.86. The fourth-order valence-electron chi connectivity index (χ4n) is 0.828. The van der Waals surface area contributed by atoms with Crippen molar-refractivity contribution in [2.45, 2.75) is 32.1 Å². The molecule has 0 amide bonds. The van der Waals surface area contributed by atoms with E-state index in [0.29, 0.717) is 0 Å². The highest BCUT2D eigenvalue weighted by Gasteiger charge is 2.40. The van der Waals surface area contributed by atoms with Gasteiger partial charge in [-0.25, -0.2) is 0 Å². The molecule has 1 saturated carbocycles. The SMILES string of the molecule is CC(=O)C(F)(F)CC1CC1. The van der Waals surface area contributed by atoms with Crippen LogP contribution in [0, 0.1) is 5.92 Å². The zero-order chi connectivity index (χ0) is 7.78. The van der Waals surface area contributed by atoms with Crippen LogP contribution in [0.25, 0.3) is 0 Å². The van der Waals surface area contributed by atoms with E-state index in [1.165, 1.54) is 0 Å². The van der Waals surface area contributed by atoms with Crippen molar-refractivity contribution in [2.24, 2.45) is 5.92 Å². The number of hydrogen-bond donors (Lipinski definition) is 0. The first kappa shape index (κ1) is 7.63. The lowest BCUT2D eigenvalue weighted by atomic mass is 10.1. The minimum absolute atomic E-state index is 0.110. The minimum atomic E-state index is -3.05. The number of rotatable bonds is 3. The smallest absolute Gasteiger partial charge is 0.293 e. The van der Waals surface area contributed by atoms with Crippen molar-refractivity contribution in [3.63, 3.8) is 0 Å². The Hall–Kier alpha value is -0.470. The van der Waals surface area contributed by atoms with Crippen molar-refractivity contribution in [1.82, 2.24) is 0 Å². The van der Waals surface area contributed by atoms with Crippen LogP contribution in [0.4, 0.5) is 8.78 Å². The van der Waals surface area contributed by atoms with Crippen LogP contribution < -0.4 is 0 Å². The van der Waals surface area contributed by atoms with E-state index >= 15 is 0 Å². The van der Waals surface area contributed by atoms with E-state index in [0.717, 1.165) is 19.8 Å². The Balaban J connectivity index is 2.40. The van der Waals surface area contributed by atoms with Crippen molar-refractivity contribution >= 4 is 5.78 Å². The standard InChI is InChI=1S/C7H10F2O/c1-5(10)7(8,9)4-6-2-3-6/h6H,2-4H2,1H3. The lowest BCUT2D eigenvalue weighted by molar-refractivity contribution is -0.142. The van der Waals surface area contributed by atoms with Crippen LogP contribution in [-0.2, 0) is 4.79 Å². The number of hydrogen-bond acceptors (Lipinski definition) is 1. The summed E-state index contributed by atoms with van der Waals surface area (Å²) in [5.41, 5.74) is 0. The lowest BCUT2D eigenvalue weighted by Crippen LogP contribution is -2.26. The summed E-state index contributed by atoms with van der Waals surface area (Å²) in [6.45, 7) is 0.947. The topological polar surface area (TPSA) is 17.1 Å². The molecular weight excluding hydrogens is 138 g/mol. The fourth-order valence-corrected chi connectivity index (χ4v) is 0.828. The second-order valence-corrected chi connectivity index (χ2v) is 2.91. The van der Waals surface area contributed by atoms with Crippen molar-refractivity contribution < 1.29 is 13.6 Å². The van der Waals surface area contributed by atoms with Crippen LogP contribution in [0.3, 0.4) is 0 Å². The summed E-state index contributed by atoms with van der Waals surface area (Å²) in [5, 5.41) is 0. The van der Waals surface area contributed by atoms with Crippen LogP contribution in [0.2, 0.25) is 0 Å². The van der Waals surface area contributed by atoms with Gasteiger partial charge < -0.3 is 0 Å². The van der Waals surface area contributed by atoms with Gasteiger partial charge in [0.1, 0.15) is 0 Å². The molecule has 1 fully saturated rings. The minimum Gasteiger partial charge on any atom is -0.293 e. The molecule has 0 aliphatic heterocycles. The average Bonchev–Trinajstić information content (AvgIpc) is 2.48. The van der Waals surface area contributed by atoms with Gasteiger partial charge in [0.25, 0.3) is 0 Å². The van der Waals surface area contributed by atoms with Gasteiger partial charge in [0, 0.05) is 13.3 Å². The summed E-state index contributed by atoms with van der Waals surface area (Å²) >= 11 is 0. The maximum Gasteiger partial charge on any atom is 0.305 e. The molecule has 0 aromatic heterocycles. The van der Waals surface area contributed by atoms with Crippen molar-refractivity contribution in [3.05, 3.63) is 0 Å². The Kier molecular flexibility index (Phi) is 1.75. The Morgan fingerprint density at radius 2 is 2.10 bits per heavy atom. The highest BCUT2D eigenvalue weighted by Crippen LogP contribution is 2.39. The van der Waals surface area contributed by atoms with Crippen LogP contribution in [0.15, 0.2) is 0 Å². The van der Waals surface area contributed by atoms with Gasteiger partial charge in [-0.1, -0.05) is 0 Å². The summed E-state index contributed by atoms with van der Waals surface area (Å²) in [6, 6.07) is 0. The number of alkyl halides is 2. The Morgan fingerprint density at radius 3 is 2.40 bits per heavy atom. The highest BCUT2D eigenvalue weighted by atomic mass is 19.3. The van der Waals surface area contributed by atoms with E-state index in [1.807, 2.05) is 0 Å². The van der Waals surface area contributed by atoms with E-state index in [1.54, 1.807) is 0 Å². The molecule has 1 aliphatic rings. The largest absolute Gasteiger partial charge is 0.305 e. The first-order valence-corrected chi connectivity index (χ1v) is 3.41. The monoisotopic (exact) mass is 148 g/mol. The van der Waals surface area contributed by atoms with Gasteiger partial charge in [-0.2, -0.15) is 8.78 Å². The van der Waals surface area contributed by atoms with Gasteiger partial charge in [0.2, 0.25) is 0 Å². The third kappa shape index (κ3) is 1.75. The molecule has 1 rings (SSSR count). The molecule has 0 bridgehead atoms. The summed E-state index contributed by atoms with van der Waals surface area (Å²) < 4.78 is 25.0. The average molecular weight is 148 g/mol. The number of ketones is 1. The maximum atomic E-state index is 12.5. The normalized spacial score (nSPS) is 19.1. The summed E-state index contributed by atoms with van der Waals surface area (Å²) in [4.78, 5) is 10.3. The number of carbonyl (C=O) groups excluding carboxylic acids is 1. The number of Topliss-reactive ketones (excluding diaryl/α,β-unsaturated/α-hetero) is 1. The molecule has 0 radical (unpaired) electrons. The molecule has 1 aliphatic carbocycles. The molecule has 3 heteroatoms. The molecule has 10 heavy (non-hydrogen) atoms. The number of halogens is 2. The van der Waals surface area contributed by atoms with Crippen LogP contribution >= 0.6 is 0 Å². The lowest BCUT2D eigenvalue weighted by Gasteiger charge is -2.10. The second kappa shape index (κ2) is 2.29. The van der Waals surface area contributed by atoms with Crippen molar-refractivity contribution in [2.75, 3.05) is 0 Å². The first-order chi connectivity index (χ1) is 4.52. The zero-order valence-corrected chi connectivity index (χ0v) is 5.86. The molecular formula is C7H10F2O. The fraction of sp³-hybridized carbons (Fsp3) is 0.857. The summed E-state index contributed by atoms with van der Waals surface area (Å²) in [6.07, 6.45) is 1.49. The Labute approximate surface area is 58.4 Å². The molecule has 0 aromatic rings. The highest BCUT2D eigenvalue weighted by molar-refractivity contribution is 5.83. The predicted molar refractivity (Wildman–Crippen MR) is 33.0 cm³/mol. The molecule has 0 saturated heterocycles. The maximum absolute atomic E-state index is 12.5. The molecule has 58 valence electrons. The molecule has 0 aromatic carbocycles. The molecule has 0 heterocycles. The van der Waals surface area contributed by atoms with Crippen LogP contribution in [0.5, 0.6) is 0 Å². The predicted octanol–water partition coefficient (Wildman–Crippen LogP) is 2.01. The van der Waals surface area contributed by atoms with Gasteiger partial charge in [-0.15, -0.1) is 0 Å². The van der Waals surface area contributed by atoms with Gasteiger partial charge in [0.15, 0.2) is 5.78 Å². The van der Waals surface area contributed by atoms with Crippen molar-refractivity contribution in [1.29, 1.82) is 0 Å².